The fourth-order valence-corrected chi connectivity index (χ4v) is 4.68. The molecule has 3 rings (SSSR count). The molecule has 0 radical (unpaired) electrons. The molecule has 3 heterocycles. The molecular formula is C15H18N3O3PS. The second-order valence-electron chi connectivity index (χ2n) is 4.85. The molecule has 0 aliphatic heterocycles. The Hall–Kier alpha value is -1.53. The SMILES string of the molecule is CCOP(=O)(Cc1cc(-c2ccsc2)nc2ccnn12)OCC. The van der Waals surface area contributed by atoms with E-state index in [0.29, 0.717) is 18.9 Å². The first kappa shape index (κ1) is 16.3. The lowest BCUT2D eigenvalue weighted by Crippen LogP contribution is -2.05. The fraction of sp³-hybridized carbons (Fsp3) is 0.333. The average molecular weight is 351 g/mol. The molecule has 3 aromatic heterocycles. The predicted molar refractivity (Wildman–Crippen MR) is 90.9 cm³/mol. The van der Waals surface area contributed by atoms with E-state index in [1.807, 2.05) is 29.0 Å². The molecule has 0 fully saturated rings. The predicted octanol–water partition coefficient (Wildman–Crippen LogP) is 4.22. The Bertz CT molecular complexity index is 822. The van der Waals surface area contributed by atoms with Crippen LogP contribution in [0.1, 0.15) is 19.5 Å². The van der Waals surface area contributed by atoms with Crippen LogP contribution < -0.4 is 0 Å². The monoisotopic (exact) mass is 351 g/mol. The van der Waals surface area contributed by atoms with Crippen LogP contribution in [0.3, 0.4) is 0 Å². The van der Waals surface area contributed by atoms with Crippen LogP contribution in [0.5, 0.6) is 0 Å². The van der Waals surface area contributed by atoms with E-state index in [0.717, 1.165) is 17.0 Å². The van der Waals surface area contributed by atoms with E-state index in [-0.39, 0.29) is 6.16 Å². The first-order chi connectivity index (χ1) is 11.1. The van der Waals surface area contributed by atoms with Crippen LogP contribution in [0.4, 0.5) is 0 Å². The Kier molecular flexibility index (Phi) is 4.92. The van der Waals surface area contributed by atoms with Gasteiger partial charge in [0.1, 0.15) is 0 Å². The van der Waals surface area contributed by atoms with Crippen molar-refractivity contribution in [3.05, 3.63) is 40.8 Å². The molecule has 0 aliphatic carbocycles. The summed E-state index contributed by atoms with van der Waals surface area (Å²) >= 11 is 1.61. The molecule has 0 amide bonds. The molecule has 0 bridgehead atoms. The van der Waals surface area contributed by atoms with Crippen molar-refractivity contribution in [3.63, 3.8) is 0 Å². The van der Waals surface area contributed by atoms with Gasteiger partial charge in [-0.2, -0.15) is 16.4 Å². The van der Waals surface area contributed by atoms with Gasteiger partial charge in [-0.3, -0.25) is 4.57 Å². The molecule has 0 unspecified atom stereocenters. The van der Waals surface area contributed by atoms with Crippen LogP contribution in [0.15, 0.2) is 35.2 Å². The number of nitrogens with zero attached hydrogens (tertiary/aromatic N) is 3. The lowest BCUT2D eigenvalue weighted by atomic mass is 10.2. The summed E-state index contributed by atoms with van der Waals surface area (Å²) in [7, 11) is -3.20. The van der Waals surface area contributed by atoms with E-state index in [4.69, 9.17) is 9.05 Å². The minimum absolute atomic E-state index is 0.159. The second kappa shape index (κ2) is 6.93. The zero-order valence-corrected chi connectivity index (χ0v) is 14.7. The molecule has 0 N–H and O–H groups in total. The van der Waals surface area contributed by atoms with Gasteiger partial charge in [0, 0.05) is 17.0 Å². The lowest BCUT2D eigenvalue weighted by Gasteiger charge is -2.17. The van der Waals surface area contributed by atoms with Gasteiger partial charge in [0.2, 0.25) is 0 Å². The third-order valence-corrected chi connectivity index (χ3v) is 5.96. The van der Waals surface area contributed by atoms with Crippen molar-refractivity contribution in [2.24, 2.45) is 0 Å². The smallest absolute Gasteiger partial charge is 0.309 e. The Morgan fingerprint density at radius 2 is 2.04 bits per heavy atom. The van der Waals surface area contributed by atoms with Gasteiger partial charge >= 0.3 is 7.60 Å². The van der Waals surface area contributed by atoms with Crippen molar-refractivity contribution >= 4 is 24.6 Å². The molecule has 122 valence electrons. The first-order valence-corrected chi connectivity index (χ1v) is 10.1. The molecule has 0 aliphatic rings. The maximum atomic E-state index is 12.8. The minimum atomic E-state index is -3.20. The van der Waals surface area contributed by atoms with E-state index >= 15 is 0 Å². The van der Waals surface area contributed by atoms with Crippen molar-refractivity contribution < 1.29 is 13.6 Å². The van der Waals surface area contributed by atoms with Crippen molar-refractivity contribution in [1.82, 2.24) is 14.6 Å². The van der Waals surface area contributed by atoms with Gasteiger partial charge in [-0.25, -0.2) is 9.50 Å². The summed E-state index contributed by atoms with van der Waals surface area (Å²) in [5.41, 5.74) is 3.33. The number of hydrogen-bond donors (Lipinski definition) is 0. The van der Waals surface area contributed by atoms with Crippen molar-refractivity contribution in [2.75, 3.05) is 13.2 Å². The van der Waals surface area contributed by atoms with E-state index < -0.39 is 7.60 Å². The summed E-state index contributed by atoms with van der Waals surface area (Å²) < 4.78 is 25.3. The van der Waals surface area contributed by atoms with Crippen LogP contribution in [0, 0.1) is 0 Å². The summed E-state index contributed by atoms with van der Waals surface area (Å²) in [6, 6.07) is 5.73. The Balaban J connectivity index is 2.05. The molecule has 0 atom stereocenters. The normalized spacial score (nSPS) is 12.1. The maximum Gasteiger partial charge on any atom is 0.336 e. The summed E-state index contributed by atoms with van der Waals surface area (Å²) in [6.07, 6.45) is 1.84. The van der Waals surface area contributed by atoms with Gasteiger partial charge in [-0.05, 0) is 31.4 Å². The topological polar surface area (TPSA) is 65.7 Å². The number of thiophene rings is 1. The van der Waals surface area contributed by atoms with Gasteiger partial charge in [-0.1, -0.05) is 0 Å². The number of hydrogen-bond acceptors (Lipinski definition) is 6. The Labute approximate surface area is 138 Å². The molecule has 6 nitrogen and oxygen atoms in total. The average Bonchev–Trinajstić information content (AvgIpc) is 3.19. The quantitative estimate of drug-likeness (QED) is 0.596. The molecule has 23 heavy (non-hydrogen) atoms. The number of fused-ring (bicyclic) bond motifs is 1. The van der Waals surface area contributed by atoms with Gasteiger partial charge in [0.15, 0.2) is 5.65 Å². The van der Waals surface area contributed by atoms with E-state index in [1.54, 1.807) is 35.9 Å². The summed E-state index contributed by atoms with van der Waals surface area (Å²) in [4.78, 5) is 4.60. The van der Waals surface area contributed by atoms with Crippen LogP contribution in [-0.2, 0) is 19.8 Å². The highest BCUT2D eigenvalue weighted by atomic mass is 32.1. The number of aromatic nitrogens is 3. The molecular weight excluding hydrogens is 333 g/mol. The first-order valence-electron chi connectivity index (χ1n) is 7.39. The molecule has 0 aromatic carbocycles. The van der Waals surface area contributed by atoms with Gasteiger partial charge in [-0.15, -0.1) is 0 Å². The fourth-order valence-electron chi connectivity index (χ4n) is 2.37. The molecule has 0 saturated carbocycles. The van der Waals surface area contributed by atoms with Gasteiger partial charge in [0.25, 0.3) is 0 Å². The maximum absolute atomic E-state index is 12.8. The molecule has 8 heteroatoms. The van der Waals surface area contributed by atoms with Crippen LogP contribution in [0.2, 0.25) is 0 Å². The molecule has 3 aromatic rings. The van der Waals surface area contributed by atoms with E-state index in [9.17, 15) is 4.57 Å². The third-order valence-electron chi connectivity index (χ3n) is 3.26. The highest BCUT2D eigenvalue weighted by Crippen LogP contribution is 2.51. The second-order valence-corrected chi connectivity index (χ2v) is 7.68. The third kappa shape index (κ3) is 3.53. The van der Waals surface area contributed by atoms with E-state index in [2.05, 4.69) is 10.1 Å². The van der Waals surface area contributed by atoms with Crippen molar-refractivity contribution in [1.29, 1.82) is 0 Å². The minimum Gasteiger partial charge on any atom is -0.309 e. The van der Waals surface area contributed by atoms with Gasteiger partial charge in [0.05, 0.1) is 37.0 Å². The summed E-state index contributed by atoms with van der Waals surface area (Å²) in [5, 5.41) is 8.30. The number of rotatable bonds is 7. The summed E-state index contributed by atoms with van der Waals surface area (Å²) in [5.74, 6) is 0. The lowest BCUT2D eigenvalue weighted by molar-refractivity contribution is 0.218. The standard InChI is InChI=1S/C15H18N3O3PS/c1-3-20-22(19,21-4-2)10-13-9-14(12-6-8-23-11-12)17-15-5-7-16-18(13)15/h5-9,11H,3-4,10H2,1-2H3. The van der Waals surface area contributed by atoms with Crippen molar-refractivity contribution in [3.8, 4) is 11.3 Å². The van der Waals surface area contributed by atoms with Crippen LogP contribution in [-0.4, -0.2) is 27.8 Å². The van der Waals surface area contributed by atoms with Gasteiger partial charge < -0.3 is 9.05 Å². The zero-order valence-electron chi connectivity index (χ0n) is 13.0. The zero-order chi connectivity index (χ0) is 16.3. The molecule has 0 spiro atoms. The Morgan fingerprint density at radius 1 is 1.26 bits per heavy atom. The van der Waals surface area contributed by atoms with Crippen LogP contribution >= 0.6 is 18.9 Å². The largest absolute Gasteiger partial charge is 0.336 e. The van der Waals surface area contributed by atoms with E-state index in [1.165, 1.54) is 0 Å². The Morgan fingerprint density at radius 3 is 2.70 bits per heavy atom. The molecule has 0 saturated heterocycles. The summed E-state index contributed by atoms with van der Waals surface area (Å²) in [6.45, 7) is 4.28. The highest BCUT2D eigenvalue weighted by Gasteiger charge is 2.26. The highest BCUT2D eigenvalue weighted by molar-refractivity contribution is 7.53. The van der Waals surface area contributed by atoms with Crippen LogP contribution in [0.25, 0.3) is 16.9 Å². The van der Waals surface area contributed by atoms with Crippen molar-refractivity contribution in [2.45, 2.75) is 20.0 Å².